The van der Waals surface area contributed by atoms with Crippen molar-refractivity contribution in [2.45, 2.75) is 32.3 Å². The van der Waals surface area contributed by atoms with Crippen LogP contribution in [0.5, 0.6) is 11.5 Å². The third-order valence-corrected chi connectivity index (χ3v) is 6.31. The molecule has 2 aromatic rings. The zero-order valence-corrected chi connectivity index (χ0v) is 18.0. The van der Waals surface area contributed by atoms with E-state index in [9.17, 15) is 22.8 Å². The number of hydrogen-bond donors (Lipinski definition) is 1. The second-order valence-corrected chi connectivity index (χ2v) is 8.78. The van der Waals surface area contributed by atoms with Gasteiger partial charge in [-0.1, -0.05) is 18.2 Å². The molecular formula is C20H22F3N2O5P. The van der Waals surface area contributed by atoms with Gasteiger partial charge in [-0.05, 0) is 47.9 Å². The van der Waals surface area contributed by atoms with E-state index in [4.69, 9.17) is 9.05 Å². The average Bonchev–Trinajstić information content (AvgIpc) is 2.70. The molecule has 0 saturated carbocycles. The van der Waals surface area contributed by atoms with Gasteiger partial charge in [0.15, 0.2) is 0 Å². The van der Waals surface area contributed by atoms with Crippen molar-refractivity contribution in [1.82, 2.24) is 4.90 Å². The van der Waals surface area contributed by atoms with E-state index in [1.165, 1.54) is 32.4 Å². The zero-order chi connectivity index (χ0) is 22.8. The second-order valence-electron chi connectivity index (χ2n) is 6.91. The molecule has 31 heavy (non-hydrogen) atoms. The third kappa shape index (κ3) is 5.58. The topological polar surface area (TPSA) is 80.6 Å². The normalized spacial score (nSPS) is 18.2. The van der Waals surface area contributed by atoms with Crippen molar-refractivity contribution < 1.29 is 36.6 Å². The Labute approximate surface area is 177 Å². The number of amidine groups is 1. The Morgan fingerprint density at radius 2 is 1.90 bits per heavy atom. The van der Waals surface area contributed by atoms with Crippen LogP contribution in [0.4, 0.5) is 13.2 Å². The Balaban J connectivity index is 2.01. The van der Waals surface area contributed by atoms with Crippen LogP contribution >= 0.6 is 7.75 Å². The van der Waals surface area contributed by atoms with Gasteiger partial charge in [0.2, 0.25) is 0 Å². The summed E-state index contributed by atoms with van der Waals surface area (Å²) in [6.07, 6.45) is -4.53. The molecule has 1 unspecified atom stereocenters. The highest BCUT2D eigenvalue weighted by molar-refractivity contribution is 7.52. The summed E-state index contributed by atoms with van der Waals surface area (Å²) in [7, 11) is -1.32. The molecule has 0 amide bonds. The molecule has 1 heterocycles. The van der Waals surface area contributed by atoms with E-state index in [1.807, 2.05) is 6.92 Å². The zero-order valence-electron chi connectivity index (χ0n) is 17.1. The predicted octanol–water partition coefficient (Wildman–Crippen LogP) is 5.21. The van der Waals surface area contributed by atoms with Crippen LogP contribution in [0, 0.1) is 0 Å². The first-order chi connectivity index (χ1) is 14.5. The van der Waals surface area contributed by atoms with Crippen LogP contribution in [0.1, 0.15) is 29.7 Å². The number of hydrogen-bond acceptors (Lipinski definition) is 5. The summed E-state index contributed by atoms with van der Waals surface area (Å²) in [5.41, 5.74) is 2.22. The monoisotopic (exact) mass is 458 g/mol. The lowest BCUT2D eigenvalue weighted by Gasteiger charge is -2.38. The van der Waals surface area contributed by atoms with Gasteiger partial charge in [-0.25, -0.2) is 4.57 Å². The molecule has 1 aliphatic heterocycles. The second kappa shape index (κ2) is 8.90. The number of alkyl halides is 3. The van der Waals surface area contributed by atoms with E-state index in [1.54, 1.807) is 29.2 Å². The highest BCUT2D eigenvalue weighted by Crippen LogP contribution is 2.49. The van der Waals surface area contributed by atoms with Crippen LogP contribution in [0.25, 0.3) is 0 Å². The van der Waals surface area contributed by atoms with Gasteiger partial charge in [-0.3, -0.25) is 9.05 Å². The molecule has 3 rings (SSSR count). The molecule has 1 aliphatic rings. The van der Waals surface area contributed by atoms with Crippen molar-refractivity contribution in [3.05, 3.63) is 59.2 Å². The minimum atomic E-state index is -4.80. The van der Waals surface area contributed by atoms with Crippen molar-refractivity contribution in [3.8, 4) is 11.5 Å². The summed E-state index contributed by atoms with van der Waals surface area (Å²) in [5, 5.41) is 9.90. The fourth-order valence-electron chi connectivity index (χ4n) is 3.45. The molecule has 7 nitrogen and oxygen atoms in total. The Kier molecular flexibility index (Phi) is 6.64. The number of rotatable bonds is 6. The molecule has 0 saturated heterocycles. The molecule has 0 radical (unpaired) electrons. The SMILES string of the molecule is COP(=O)(/N=C1/Cc2ccc(O)cc2C(C)N1Cc1cccc(OC(F)(F)F)c1)OC. The summed E-state index contributed by atoms with van der Waals surface area (Å²) in [5.74, 6) is 0.136. The fraction of sp³-hybridized carbons (Fsp3) is 0.350. The molecule has 0 fully saturated rings. The van der Waals surface area contributed by atoms with Crippen LogP contribution in [-0.2, 0) is 26.6 Å². The lowest BCUT2D eigenvalue weighted by Crippen LogP contribution is -2.38. The third-order valence-electron chi connectivity index (χ3n) is 4.91. The Morgan fingerprint density at radius 3 is 2.55 bits per heavy atom. The van der Waals surface area contributed by atoms with Crippen molar-refractivity contribution in [1.29, 1.82) is 0 Å². The minimum absolute atomic E-state index is 0.0889. The molecule has 2 aromatic carbocycles. The van der Waals surface area contributed by atoms with E-state index in [0.29, 0.717) is 11.4 Å². The van der Waals surface area contributed by atoms with E-state index < -0.39 is 14.1 Å². The van der Waals surface area contributed by atoms with E-state index >= 15 is 0 Å². The smallest absolute Gasteiger partial charge is 0.508 e. The molecule has 11 heteroatoms. The van der Waals surface area contributed by atoms with E-state index in [2.05, 4.69) is 9.50 Å². The summed E-state index contributed by atoms with van der Waals surface area (Å²) in [6.45, 7) is 2.01. The molecule has 0 aromatic heterocycles. The molecule has 0 spiro atoms. The van der Waals surface area contributed by atoms with Gasteiger partial charge < -0.3 is 14.7 Å². The van der Waals surface area contributed by atoms with Gasteiger partial charge in [-0.15, -0.1) is 13.2 Å². The largest absolute Gasteiger partial charge is 0.573 e. The first kappa shape index (κ1) is 23.1. The number of nitrogens with zero attached hydrogens (tertiary/aromatic N) is 2. The molecule has 168 valence electrons. The summed E-state index contributed by atoms with van der Waals surface area (Å²) in [4.78, 5) is 1.78. The minimum Gasteiger partial charge on any atom is -0.508 e. The number of halogens is 3. The fourth-order valence-corrected chi connectivity index (χ4v) is 4.23. The first-order valence-electron chi connectivity index (χ1n) is 9.27. The van der Waals surface area contributed by atoms with Crippen LogP contribution in [-0.4, -0.2) is 36.4 Å². The maximum atomic E-state index is 12.7. The van der Waals surface area contributed by atoms with Gasteiger partial charge in [0.05, 0.1) is 6.04 Å². The Morgan fingerprint density at radius 1 is 1.19 bits per heavy atom. The maximum absolute atomic E-state index is 12.7. The van der Waals surface area contributed by atoms with Crippen molar-refractivity contribution in [3.63, 3.8) is 0 Å². The Bertz CT molecular complexity index is 1020. The first-order valence-corrected chi connectivity index (χ1v) is 10.8. The van der Waals surface area contributed by atoms with Gasteiger partial charge in [-0.2, -0.15) is 4.76 Å². The number of phenols is 1. The standard InChI is InChI=1S/C20H22F3N2O5P/c1-13-18-11-16(26)8-7-15(18)10-19(24-31(27,28-2)29-3)25(13)12-14-5-4-6-17(9-14)30-20(21,22)23/h4-9,11,13,26H,10,12H2,1-3H3/b24-19-. The molecule has 0 bridgehead atoms. The van der Waals surface area contributed by atoms with Crippen LogP contribution < -0.4 is 4.74 Å². The van der Waals surface area contributed by atoms with E-state index in [0.717, 1.165) is 11.1 Å². The highest BCUT2D eigenvalue weighted by atomic mass is 31.2. The number of aromatic hydroxyl groups is 1. The molecular weight excluding hydrogens is 436 g/mol. The summed E-state index contributed by atoms with van der Waals surface area (Å²) >= 11 is 0. The van der Waals surface area contributed by atoms with Crippen LogP contribution in [0.2, 0.25) is 0 Å². The summed E-state index contributed by atoms with van der Waals surface area (Å²) in [6, 6.07) is 10.2. The summed E-state index contributed by atoms with van der Waals surface area (Å²) < 4.78 is 68.5. The number of benzene rings is 2. The maximum Gasteiger partial charge on any atom is 0.573 e. The van der Waals surface area contributed by atoms with Crippen molar-refractivity contribution >= 4 is 13.6 Å². The van der Waals surface area contributed by atoms with Gasteiger partial charge >= 0.3 is 14.1 Å². The van der Waals surface area contributed by atoms with Gasteiger partial charge in [0.1, 0.15) is 17.3 Å². The van der Waals surface area contributed by atoms with Crippen molar-refractivity contribution in [2.75, 3.05) is 14.2 Å². The lowest BCUT2D eigenvalue weighted by molar-refractivity contribution is -0.274. The van der Waals surface area contributed by atoms with E-state index in [-0.39, 0.29) is 30.5 Å². The molecule has 1 atom stereocenters. The van der Waals surface area contributed by atoms with Crippen molar-refractivity contribution in [2.24, 2.45) is 4.76 Å². The lowest BCUT2D eigenvalue weighted by atomic mass is 9.92. The average molecular weight is 458 g/mol. The van der Waals surface area contributed by atoms with Crippen LogP contribution in [0.15, 0.2) is 47.2 Å². The predicted molar refractivity (Wildman–Crippen MR) is 108 cm³/mol. The molecule has 1 N–H and O–H groups in total. The Hall–Kier alpha value is -2.55. The number of phenolic OH excluding ortho intramolecular Hbond substituents is 1. The highest BCUT2D eigenvalue weighted by Gasteiger charge is 2.33. The number of ether oxygens (including phenoxy) is 1. The van der Waals surface area contributed by atoms with Crippen LogP contribution in [0.3, 0.4) is 0 Å². The van der Waals surface area contributed by atoms with Gasteiger partial charge in [0.25, 0.3) is 0 Å². The quantitative estimate of drug-likeness (QED) is 0.599. The van der Waals surface area contributed by atoms with Gasteiger partial charge in [0, 0.05) is 27.2 Å². The molecule has 0 aliphatic carbocycles. The number of fused-ring (bicyclic) bond motifs is 1.